The predicted octanol–water partition coefficient (Wildman–Crippen LogP) is 1.49. The quantitative estimate of drug-likeness (QED) is 0.112. The molecular formula is C29H30Cl2N6O7. The molecular weight excluding hydrogens is 615 g/mol. The summed E-state index contributed by atoms with van der Waals surface area (Å²) in [5, 5.41) is 47.6. The summed E-state index contributed by atoms with van der Waals surface area (Å²) in [5.41, 5.74) is 1.79. The maximum Gasteiger partial charge on any atom is 0.327 e. The third-order valence-corrected chi connectivity index (χ3v) is 8.39. The van der Waals surface area contributed by atoms with Crippen LogP contribution in [0.25, 0.3) is 11.0 Å². The third-order valence-electron chi connectivity index (χ3n) is 7.68. The highest BCUT2D eigenvalue weighted by atomic mass is 35.5. The molecule has 3 heterocycles. The summed E-state index contributed by atoms with van der Waals surface area (Å²) in [6, 6.07) is 9.08. The number of aliphatic hydroxyl groups excluding tert-OH is 2. The molecule has 0 radical (unpaired) electrons. The largest absolute Gasteiger partial charge is 0.480 e. The van der Waals surface area contributed by atoms with Crippen molar-refractivity contribution in [3.05, 3.63) is 68.9 Å². The summed E-state index contributed by atoms with van der Waals surface area (Å²) in [4.78, 5) is 41.7. The number of para-hydroxylation sites is 1. The number of carbonyl (C=O) groups is 3. The summed E-state index contributed by atoms with van der Waals surface area (Å²) in [7, 11) is 0. The number of rotatable bonds is 9. The molecule has 6 N–H and O–H groups in total. The van der Waals surface area contributed by atoms with Crippen molar-refractivity contribution in [1.29, 1.82) is 5.26 Å². The number of likely N-dealkylation sites (tertiary alicyclic amines) is 1. The van der Waals surface area contributed by atoms with Gasteiger partial charge in [0.15, 0.2) is 12.0 Å². The Morgan fingerprint density at radius 1 is 1.14 bits per heavy atom. The van der Waals surface area contributed by atoms with Crippen molar-refractivity contribution in [3.8, 4) is 6.19 Å². The van der Waals surface area contributed by atoms with Gasteiger partial charge >= 0.3 is 5.97 Å². The number of benzene rings is 2. The smallest absolute Gasteiger partial charge is 0.327 e. The normalized spacial score (nSPS) is 19.9. The van der Waals surface area contributed by atoms with Gasteiger partial charge in [0, 0.05) is 44.5 Å². The van der Waals surface area contributed by atoms with Gasteiger partial charge < -0.3 is 30.0 Å². The molecule has 1 aromatic heterocycles. The first-order chi connectivity index (χ1) is 21.0. The molecule has 2 aliphatic heterocycles. The minimum Gasteiger partial charge on any atom is -0.480 e. The molecule has 0 bridgehead atoms. The van der Waals surface area contributed by atoms with Gasteiger partial charge in [0.2, 0.25) is 0 Å². The molecule has 0 saturated carbocycles. The number of hydrogen-bond acceptors (Lipinski definition) is 10. The number of nitrogens with one attached hydrogen (secondary N) is 3. The molecule has 15 heteroatoms. The van der Waals surface area contributed by atoms with Crippen LogP contribution in [-0.2, 0) is 17.8 Å². The highest BCUT2D eigenvalue weighted by Gasteiger charge is 2.33. The number of halogens is 2. The Hall–Kier alpha value is -3.90. The molecule has 2 aliphatic rings. The van der Waals surface area contributed by atoms with Gasteiger partial charge in [-0.2, -0.15) is 5.26 Å². The minimum absolute atomic E-state index is 0.0123. The molecule has 4 atom stereocenters. The zero-order valence-electron chi connectivity index (χ0n) is 23.3. The van der Waals surface area contributed by atoms with Gasteiger partial charge in [0.05, 0.1) is 27.8 Å². The lowest BCUT2D eigenvalue weighted by Gasteiger charge is -2.38. The number of nitriles is 1. The second kappa shape index (κ2) is 13.4. The summed E-state index contributed by atoms with van der Waals surface area (Å²) >= 11 is 13.1. The number of carbonyl (C=O) groups excluding carboxylic acids is 2. The van der Waals surface area contributed by atoms with Crippen LogP contribution < -0.4 is 16.0 Å². The zero-order chi connectivity index (χ0) is 31.5. The first-order valence-electron chi connectivity index (χ1n) is 13.8. The fourth-order valence-electron chi connectivity index (χ4n) is 5.56. The summed E-state index contributed by atoms with van der Waals surface area (Å²) < 4.78 is 5.72. The number of nitrogens with zero attached hydrogens (tertiary/aromatic N) is 3. The number of carboxylic acids is 1. The molecule has 1 saturated heterocycles. The molecule has 0 aliphatic carbocycles. The number of hydrogen-bond donors (Lipinski definition) is 6. The van der Waals surface area contributed by atoms with Gasteiger partial charge in [-0.1, -0.05) is 41.4 Å². The van der Waals surface area contributed by atoms with Gasteiger partial charge in [-0.15, -0.1) is 0 Å². The van der Waals surface area contributed by atoms with Gasteiger partial charge in [-0.05, 0) is 35.7 Å². The van der Waals surface area contributed by atoms with Crippen molar-refractivity contribution >= 4 is 52.0 Å². The van der Waals surface area contributed by atoms with Gasteiger partial charge in [0.1, 0.15) is 17.9 Å². The lowest BCUT2D eigenvalue weighted by molar-refractivity contribution is -0.139. The van der Waals surface area contributed by atoms with E-state index >= 15 is 0 Å². The monoisotopic (exact) mass is 644 g/mol. The topological polar surface area (TPSA) is 191 Å². The first-order valence-corrected chi connectivity index (χ1v) is 14.6. The number of aliphatic carboxylic acids is 1. The maximum atomic E-state index is 13.3. The van der Waals surface area contributed by atoms with Crippen LogP contribution in [0, 0.1) is 11.5 Å². The van der Waals surface area contributed by atoms with Crippen molar-refractivity contribution in [2.75, 3.05) is 26.2 Å². The molecule has 2 amide bonds. The average molecular weight is 646 g/mol. The van der Waals surface area contributed by atoms with Crippen LogP contribution in [-0.4, -0.2) is 93.6 Å². The van der Waals surface area contributed by atoms with E-state index in [2.05, 4.69) is 16.0 Å². The number of piperidine rings is 1. The number of amides is 2. The van der Waals surface area contributed by atoms with Crippen LogP contribution in [0.2, 0.25) is 10.0 Å². The van der Waals surface area contributed by atoms with Crippen molar-refractivity contribution in [1.82, 2.24) is 25.8 Å². The Kier molecular flexibility index (Phi) is 9.59. The van der Waals surface area contributed by atoms with Gasteiger partial charge in [-0.25, -0.2) is 4.79 Å². The van der Waals surface area contributed by atoms with Crippen LogP contribution in [0.1, 0.15) is 38.5 Å². The summed E-state index contributed by atoms with van der Waals surface area (Å²) in [6.45, 7) is 0.438. The van der Waals surface area contributed by atoms with E-state index in [1.807, 2.05) is 18.2 Å². The van der Waals surface area contributed by atoms with E-state index in [0.29, 0.717) is 29.7 Å². The molecule has 13 nitrogen and oxygen atoms in total. The molecule has 232 valence electrons. The summed E-state index contributed by atoms with van der Waals surface area (Å²) in [6.07, 6.45) is -0.296. The average Bonchev–Trinajstić information content (AvgIpc) is 3.41. The molecule has 2 aromatic carbocycles. The standard InChI is InChI=1S/C29H30Cl2N6O7/c30-20-7-16-11-36(27(41)23-8-15-3-1-2-4-22(15)44-23)6-5-19(16)25(31)24(20)26(40)35-21(28(42)43)10-33-29(34-14-32)37-12-17(38)9-18(39)13-37/h1-4,7-8,17-18,21,29,33-34,38-39H,5-6,9-13H2,(H,35,40)(H,42,43)/t17-,18+,21-,29?/m0/s1. The van der Waals surface area contributed by atoms with Crippen molar-refractivity contribution < 1.29 is 34.1 Å². The Balaban J connectivity index is 1.27. The van der Waals surface area contributed by atoms with Crippen LogP contribution in [0.4, 0.5) is 0 Å². The van der Waals surface area contributed by atoms with Crippen LogP contribution in [0.5, 0.6) is 0 Å². The second-order valence-electron chi connectivity index (χ2n) is 10.7. The van der Waals surface area contributed by atoms with E-state index < -0.39 is 36.4 Å². The fourth-order valence-corrected chi connectivity index (χ4v) is 6.32. The van der Waals surface area contributed by atoms with Crippen LogP contribution >= 0.6 is 23.2 Å². The zero-order valence-corrected chi connectivity index (χ0v) is 24.8. The van der Waals surface area contributed by atoms with Gasteiger partial charge in [0.25, 0.3) is 11.8 Å². The van der Waals surface area contributed by atoms with E-state index in [-0.39, 0.29) is 59.9 Å². The molecule has 44 heavy (non-hydrogen) atoms. The predicted molar refractivity (Wildman–Crippen MR) is 159 cm³/mol. The van der Waals surface area contributed by atoms with E-state index in [1.54, 1.807) is 34.2 Å². The van der Waals surface area contributed by atoms with Crippen molar-refractivity contribution in [2.45, 2.75) is 43.9 Å². The van der Waals surface area contributed by atoms with Gasteiger partial charge in [-0.3, -0.25) is 25.1 Å². The Morgan fingerprint density at radius 3 is 2.55 bits per heavy atom. The first kappa shape index (κ1) is 31.5. The number of β-amino-alcohol motifs (C(OH)–C–C–N with tert-alkyl or cyclic N) is 2. The Labute approximate surface area is 261 Å². The Bertz CT molecular complexity index is 1580. The molecule has 1 unspecified atom stereocenters. The van der Waals surface area contributed by atoms with E-state index in [9.17, 15) is 29.7 Å². The number of furan rings is 1. The third kappa shape index (κ3) is 6.76. The molecule has 3 aromatic rings. The second-order valence-corrected chi connectivity index (χ2v) is 11.5. The molecule has 1 fully saturated rings. The Morgan fingerprint density at radius 2 is 1.86 bits per heavy atom. The highest BCUT2D eigenvalue weighted by molar-refractivity contribution is 6.40. The van der Waals surface area contributed by atoms with Crippen molar-refractivity contribution in [3.63, 3.8) is 0 Å². The highest BCUT2D eigenvalue weighted by Crippen LogP contribution is 2.35. The lowest BCUT2D eigenvalue weighted by atomic mass is 9.96. The molecule has 5 rings (SSSR count). The summed E-state index contributed by atoms with van der Waals surface area (Å²) in [5.74, 6) is -2.26. The van der Waals surface area contributed by atoms with E-state index in [0.717, 1.165) is 5.39 Å². The maximum absolute atomic E-state index is 13.3. The van der Waals surface area contributed by atoms with E-state index in [4.69, 9.17) is 32.9 Å². The van der Waals surface area contributed by atoms with Crippen molar-refractivity contribution in [2.24, 2.45) is 0 Å². The lowest BCUT2D eigenvalue weighted by Crippen LogP contribution is -2.62. The van der Waals surface area contributed by atoms with E-state index in [1.165, 1.54) is 0 Å². The van der Waals surface area contributed by atoms with Crippen LogP contribution in [0.3, 0.4) is 0 Å². The van der Waals surface area contributed by atoms with Crippen LogP contribution in [0.15, 0.2) is 40.8 Å². The number of carboxylic acid groups (broad SMARTS) is 1. The number of fused-ring (bicyclic) bond motifs is 2. The fraction of sp³-hybridized carbons (Fsp3) is 0.379. The number of aliphatic hydroxyl groups is 2. The minimum atomic E-state index is -1.45. The SMILES string of the molecule is N#CNC(NC[C@H](NC(=O)c1c(Cl)cc2c(c1Cl)CCN(C(=O)c1cc3ccccc3o1)C2)C(=O)O)N1C[C@H](O)C[C@H](O)C1. The molecule has 0 spiro atoms.